The Morgan fingerprint density at radius 2 is 2.00 bits per heavy atom. The molecule has 1 atom stereocenters. The number of amides is 1. The van der Waals surface area contributed by atoms with Crippen LogP contribution in [0.2, 0.25) is 0 Å². The molecule has 0 bridgehead atoms. The number of oxime groups is 1. The fraction of sp³-hybridized carbons (Fsp3) is 0.300. The number of nitrogens with zero attached hydrogens (tertiary/aromatic N) is 2. The van der Waals surface area contributed by atoms with Crippen molar-refractivity contribution in [3.8, 4) is 0 Å². The summed E-state index contributed by atoms with van der Waals surface area (Å²) in [6, 6.07) is 14.2. The number of halogens is 1. The topological polar surface area (TPSA) is 41.9 Å². The lowest BCUT2D eigenvalue weighted by Gasteiger charge is -2.30. The maximum Gasteiger partial charge on any atom is 0.230 e. The Kier molecular flexibility index (Phi) is 4.22. The third-order valence-corrected chi connectivity index (χ3v) is 4.72. The van der Waals surface area contributed by atoms with Crippen molar-refractivity contribution in [2.45, 2.75) is 31.8 Å². The van der Waals surface area contributed by atoms with Crippen molar-refractivity contribution in [1.29, 1.82) is 0 Å². The normalized spacial score (nSPS) is 19.2. The molecule has 0 saturated carbocycles. The highest BCUT2D eigenvalue weighted by Gasteiger charge is 2.29. The monoisotopic (exact) mass is 338 g/mol. The summed E-state index contributed by atoms with van der Waals surface area (Å²) in [4.78, 5) is 20.1. The van der Waals surface area contributed by atoms with Gasteiger partial charge >= 0.3 is 0 Å². The van der Waals surface area contributed by atoms with Gasteiger partial charge in [0.2, 0.25) is 5.91 Å². The maximum absolute atomic E-state index is 13.0. The summed E-state index contributed by atoms with van der Waals surface area (Å²) >= 11 is 0. The number of aryl methyl sites for hydroxylation is 1. The van der Waals surface area contributed by atoms with Crippen LogP contribution in [0.1, 0.15) is 30.4 Å². The molecule has 2 aliphatic heterocycles. The lowest BCUT2D eigenvalue weighted by atomic mass is 10.00. The van der Waals surface area contributed by atoms with Gasteiger partial charge in [0.25, 0.3) is 0 Å². The maximum atomic E-state index is 13.0. The number of fused-ring (bicyclic) bond motifs is 1. The minimum absolute atomic E-state index is 0.0627. The average Bonchev–Trinajstić information content (AvgIpc) is 3.10. The average molecular weight is 338 g/mol. The number of benzene rings is 2. The first-order valence-electron chi connectivity index (χ1n) is 8.57. The number of para-hydroxylation sites is 1. The number of carbonyl (C=O) groups is 1. The number of anilines is 1. The first-order valence-corrected chi connectivity index (χ1v) is 8.57. The first-order chi connectivity index (χ1) is 12.2. The molecule has 1 amide bonds. The van der Waals surface area contributed by atoms with Crippen LogP contribution in [0.4, 0.5) is 10.1 Å². The van der Waals surface area contributed by atoms with E-state index in [1.54, 1.807) is 12.1 Å². The minimum Gasteiger partial charge on any atom is -0.391 e. The summed E-state index contributed by atoms with van der Waals surface area (Å²) in [5.74, 6) is -0.216. The molecule has 0 spiro atoms. The highest BCUT2D eigenvalue weighted by Crippen LogP contribution is 2.28. The molecule has 128 valence electrons. The molecule has 0 aromatic heterocycles. The zero-order valence-corrected chi connectivity index (χ0v) is 13.8. The quantitative estimate of drug-likeness (QED) is 0.856. The lowest BCUT2D eigenvalue weighted by molar-refractivity contribution is -0.121. The highest BCUT2D eigenvalue weighted by atomic mass is 19.1. The van der Waals surface area contributed by atoms with Gasteiger partial charge in [-0.25, -0.2) is 4.39 Å². The molecule has 2 aliphatic rings. The van der Waals surface area contributed by atoms with Crippen LogP contribution in [0.15, 0.2) is 53.7 Å². The van der Waals surface area contributed by atoms with Crippen LogP contribution >= 0.6 is 0 Å². The molecule has 0 N–H and O–H groups in total. The molecule has 4 rings (SSSR count). The molecule has 0 radical (unpaired) electrons. The Morgan fingerprint density at radius 1 is 1.20 bits per heavy atom. The van der Waals surface area contributed by atoms with Crippen molar-refractivity contribution in [2.24, 2.45) is 5.16 Å². The van der Waals surface area contributed by atoms with Gasteiger partial charge in [-0.3, -0.25) is 4.79 Å². The standard InChI is InChI=1S/C20H19FN2O2/c21-16-9-7-14(8-10-16)18-12-17(25-22-18)13-20(24)23-11-3-5-15-4-1-2-6-19(15)23/h1-2,4,6-10,17H,3,5,11-13H2. The molecule has 2 aromatic carbocycles. The zero-order chi connectivity index (χ0) is 17.2. The van der Waals surface area contributed by atoms with Crippen LogP contribution in [-0.2, 0) is 16.1 Å². The predicted octanol–water partition coefficient (Wildman–Crippen LogP) is 3.69. The van der Waals surface area contributed by atoms with Crippen molar-refractivity contribution >= 4 is 17.3 Å². The van der Waals surface area contributed by atoms with E-state index in [9.17, 15) is 9.18 Å². The van der Waals surface area contributed by atoms with Crippen LogP contribution < -0.4 is 4.90 Å². The van der Waals surface area contributed by atoms with Crippen LogP contribution in [0.25, 0.3) is 0 Å². The van der Waals surface area contributed by atoms with Crippen molar-refractivity contribution in [3.05, 3.63) is 65.5 Å². The molecule has 0 saturated heterocycles. The van der Waals surface area contributed by atoms with E-state index in [1.807, 2.05) is 23.1 Å². The van der Waals surface area contributed by atoms with Gasteiger partial charge in [0, 0.05) is 18.7 Å². The van der Waals surface area contributed by atoms with Crippen LogP contribution in [-0.4, -0.2) is 24.3 Å². The molecule has 4 nitrogen and oxygen atoms in total. The third-order valence-electron chi connectivity index (χ3n) is 4.72. The van der Waals surface area contributed by atoms with Gasteiger partial charge in [-0.2, -0.15) is 0 Å². The summed E-state index contributed by atoms with van der Waals surface area (Å²) < 4.78 is 13.0. The second-order valence-electron chi connectivity index (χ2n) is 6.46. The van der Waals surface area contributed by atoms with E-state index in [1.165, 1.54) is 17.7 Å². The molecule has 2 aromatic rings. The van der Waals surface area contributed by atoms with Gasteiger partial charge in [0.15, 0.2) is 0 Å². The van der Waals surface area contributed by atoms with E-state index < -0.39 is 0 Å². The number of hydrogen-bond donors (Lipinski definition) is 0. The molecule has 0 aliphatic carbocycles. The number of hydrogen-bond acceptors (Lipinski definition) is 3. The van der Waals surface area contributed by atoms with Crippen LogP contribution in [0.5, 0.6) is 0 Å². The fourth-order valence-corrected chi connectivity index (χ4v) is 3.45. The third kappa shape index (κ3) is 3.27. The van der Waals surface area contributed by atoms with Gasteiger partial charge in [-0.1, -0.05) is 35.5 Å². The summed E-state index contributed by atoms with van der Waals surface area (Å²) in [5.41, 5.74) is 3.82. The Morgan fingerprint density at radius 3 is 2.84 bits per heavy atom. The van der Waals surface area contributed by atoms with Crippen molar-refractivity contribution in [1.82, 2.24) is 0 Å². The van der Waals surface area contributed by atoms with Crippen LogP contribution in [0, 0.1) is 5.82 Å². The molecule has 25 heavy (non-hydrogen) atoms. The van der Waals surface area contributed by atoms with Crippen LogP contribution in [0.3, 0.4) is 0 Å². The Hall–Kier alpha value is -2.69. The second-order valence-corrected chi connectivity index (χ2v) is 6.46. The first kappa shape index (κ1) is 15.8. The number of rotatable bonds is 3. The summed E-state index contributed by atoms with van der Waals surface area (Å²) in [5, 5.41) is 4.08. The Labute approximate surface area is 145 Å². The van der Waals surface area contributed by atoms with Gasteiger partial charge < -0.3 is 9.74 Å². The Bertz CT molecular complexity index is 817. The molecule has 5 heteroatoms. The molecular weight excluding hydrogens is 319 g/mol. The van der Waals surface area contributed by atoms with E-state index in [0.717, 1.165) is 36.3 Å². The highest BCUT2D eigenvalue weighted by molar-refractivity contribution is 6.02. The summed E-state index contributed by atoms with van der Waals surface area (Å²) in [6.45, 7) is 0.744. The molecule has 2 heterocycles. The van der Waals surface area contributed by atoms with Gasteiger partial charge in [0.05, 0.1) is 12.1 Å². The van der Waals surface area contributed by atoms with E-state index in [0.29, 0.717) is 12.8 Å². The molecule has 0 fully saturated rings. The summed E-state index contributed by atoms with van der Waals surface area (Å²) in [7, 11) is 0. The smallest absolute Gasteiger partial charge is 0.230 e. The number of carbonyl (C=O) groups excluding carboxylic acids is 1. The van der Waals surface area contributed by atoms with Gasteiger partial charge in [-0.05, 0) is 42.2 Å². The van der Waals surface area contributed by atoms with Crippen molar-refractivity contribution in [2.75, 3.05) is 11.4 Å². The zero-order valence-electron chi connectivity index (χ0n) is 13.8. The van der Waals surface area contributed by atoms with E-state index >= 15 is 0 Å². The van der Waals surface area contributed by atoms with Gasteiger partial charge in [-0.15, -0.1) is 0 Å². The molecule has 1 unspecified atom stereocenters. The minimum atomic E-state index is -0.279. The Balaban J connectivity index is 1.41. The van der Waals surface area contributed by atoms with E-state index in [-0.39, 0.29) is 17.8 Å². The largest absolute Gasteiger partial charge is 0.391 e. The summed E-state index contributed by atoms with van der Waals surface area (Å²) in [6.07, 6.45) is 2.58. The molecular formula is C20H19FN2O2. The van der Waals surface area contributed by atoms with E-state index in [2.05, 4.69) is 11.2 Å². The SMILES string of the molecule is O=C(CC1CC(c2ccc(F)cc2)=NO1)N1CCCc2ccccc21. The van der Waals surface area contributed by atoms with Crippen molar-refractivity contribution in [3.63, 3.8) is 0 Å². The fourth-order valence-electron chi connectivity index (χ4n) is 3.45. The lowest BCUT2D eigenvalue weighted by Crippen LogP contribution is -2.37. The van der Waals surface area contributed by atoms with E-state index in [4.69, 9.17) is 4.84 Å². The predicted molar refractivity (Wildman–Crippen MR) is 94.2 cm³/mol. The second kappa shape index (κ2) is 6.67. The van der Waals surface area contributed by atoms with Gasteiger partial charge in [0.1, 0.15) is 11.9 Å². The van der Waals surface area contributed by atoms with Crippen molar-refractivity contribution < 1.29 is 14.0 Å².